The van der Waals surface area contributed by atoms with Crippen molar-refractivity contribution in [2.45, 2.75) is 6.42 Å². The second-order valence-corrected chi connectivity index (χ2v) is 3.56. The summed E-state index contributed by atoms with van der Waals surface area (Å²) in [4.78, 5) is 11.1. The molecule has 1 aromatic carbocycles. The van der Waals surface area contributed by atoms with Gasteiger partial charge in [0.15, 0.2) is 0 Å². The van der Waals surface area contributed by atoms with E-state index in [0.717, 1.165) is 3.57 Å². The quantitative estimate of drug-likeness (QED) is 0.370. The van der Waals surface area contributed by atoms with Crippen LogP contribution in [0.15, 0.2) is 36.9 Å². The van der Waals surface area contributed by atoms with Gasteiger partial charge in [0.1, 0.15) is 5.75 Å². The molecule has 0 atom stereocenters. The van der Waals surface area contributed by atoms with Crippen molar-refractivity contribution in [1.82, 2.24) is 0 Å². The Hall–Kier alpha value is -0.840. The molecule has 3 heteroatoms. The molecule has 0 aromatic heterocycles. The Labute approximate surface area is 90.7 Å². The highest BCUT2D eigenvalue weighted by Crippen LogP contribution is 2.19. The van der Waals surface area contributed by atoms with E-state index in [2.05, 4.69) is 29.2 Å². The smallest absolute Gasteiger partial charge is 0.315 e. The third-order valence-electron chi connectivity index (χ3n) is 1.37. The fraction of sp³-hybridized carbons (Fsp3) is 0.100. The van der Waals surface area contributed by atoms with Crippen molar-refractivity contribution in [3.8, 4) is 5.75 Å². The van der Waals surface area contributed by atoms with Gasteiger partial charge in [-0.1, -0.05) is 18.2 Å². The van der Waals surface area contributed by atoms with E-state index in [4.69, 9.17) is 4.74 Å². The average Bonchev–Trinajstić information content (AvgIpc) is 2.09. The molecule has 13 heavy (non-hydrogen) atoms. The summed E-state index contributed by atoms with van der Waals surface area (Å²) in [6.07, 6.45) is 1.77. The molecule has 1 aromatic rings. The number of carbonyl (C=O) groups is 1. The van der Waals surface area contributed by atoms with Crippen LogP contribution in [-0.2, 0) is 4.79 Å². The van der Waals surface area contributed by atoms with Crippen LogP contribution in [0.3, 0.4) is 0 Å². The fourth-order valence-electron chi connectivity index (χ4n) is 0.810. The Bertz CT molecular complexity index is 320. The number of esters is 1. The van der Waals surface area contributed by atoms with Crippen molar-refractivity contribution < 1.29 is 9.53 Å². The van der Waals surface area contributed by atoms with E-state index in [1.54, 1.807) is 6.07 Å². The van der Waals surface area contributed by atoms with Crippen LogP contribution < -0.4 is 4.74 Å². The zero-order valence-corrected chi connectivity index (χ0v) is 9.15. The first kappa shape index (κ1) is 10.2. The molecule has 0 amide bonds. The molecule has 0 aliphatic heterocycles. The molecule has 0 saturated carbocycles. The van der Waals surface area contributed by atoms with Gasteiger partial charge in [-0.15, -0.1) is 6.58 Å². The number of halogens is 1. The highest BCUT2D eigenvalue weighted by Gasteiger charge is 2.04. The van der Waals surface area contributed by atoms with Gasteiger partial charge in [0.2, 0.25) is 0 Å². The highest BCUT2D eigenvalue weighted by molar-refractivity contribution is 14.1. The van der Waals surface area contributed by atoms with Crippen LogP contribution in [0.25, 0.3) is 0 Å². The lowest BCUT2D eigenvalue weighted by Gasteiger charge is -2.03. The number of benzene rings is 1. The van der Waals surface area contributed by atoms with Crippen molar-refractivity contribution in [3.63, 3.8) is 0 Å². The first-order valence-corrected chi connectivity index (χ1v) is 4.88. The van der Waals surface area contributed by atoms with Crippen molar-refractivity contribution in [2.75, 3.05) is 0 Å². The van der Waals surface area contributed by atoms with Gasteiger partial charge < -0.3 is 4.74 Å². The van der Waals surface area contributed by atoms with E-state index < -0.39 is 0 Å². The number of ether oxygens (including phenoxy) is 1. The topological polar surface area (TPSA) is 26.3 Å². The Kier molecular flexibility index (Phi) is 3.95. The molecule has 1 rings (SSSR count). The normalized spacial score (nSPS) is 9.31. The largest absolute Gasteiger partial charge is 0.425 e. The fourth-order valence-corrected chi connectivity index (χ4v) is 1.31. The molecule has 0 heterocycles. The number of rotatable bonds is 3. The number of para-hydroxylation sites is 1. The van der Waals surface area contributed by atoms with Crippen molar-refractivity contribution in [1.29, 1.82) is 0 Å². The minimum atomic E-state index is -0.279. The maximum Gasteiger partial charge on any atom is 0.315 e. The lowest BCUT2D eigenvalue weighted by molar-refractivity contribution is -0.133. The van der Waals surface area contributed by atoms with E-state index in [1.165, 1.54) is 6.08 Å². The zero-order chi connectivity index (χ0) is 9.68. The molecule has 2 nitrogen and oxygen atoms in total. The standard InChI is InChI=1S/C10H9IO2/c1-2-5-10(12)13-9-7-4-3-6-8(9)11/h2-4,6-7H,1,5H2. The third-order valence-corrected chi connectivity index (χ3v) is 2.26. The van der Waals surface area contributed by atoms with Crippen LogP contribution in [0, 0.1) is 3.57 Å². The molecule has 0 aliphatic rings. The van der Waals surface area contributed by atoms with E-state index in [-0.39, 0.29) is 12.4 Å². The Balaban J connectivity index is 2.68. The van der Waals surface area contributed by atoms with E-state index in [9.17, 15) is 4.79 Å². The highest BCUT2D eigenvalue weighted by atomic mass is 127. The van der Waals surface area contributed by atoms with E-state index >= 15 is 0 Å². The maximum atomic E-state index is 11.1. The summed E-state index contributed by atoms with van der Waals surface area (Å²) in [5.41, 5.74) is 0. The van der Waals surface area contributed by atoms with Gasteiger partial charge in [-0.2, -0.15) is 0 Å². The zero-order valence-electron chi connectivity index (χ0n) is 7.00. The molecular formula is C10H9IO2. The molecule has 0 saturated heterocycles. The van der Waals surface area contributed by atoms with Gasteiger partial charge in [0.25, 0.3) is 0 Å². The monoisotopic (exact) mass is 288 g/mol. The molecule has 0 radical (unpaired) electrons. The van der Waals surface area contributed by atoms with Gasteiger partial charge in [-0.3, -0.25) is 4.79 Å². The molecule has 0 aliphatic carbocycles. The van der Waals surface area contributed by atoms with Gasteiger partial charge in [0.05, 0.1) is 9.99 Å². The van der Waals surface area contributed by atoms with Gasteiger partial charge >= 0.3 is 5.97 Å². The molecule has 0 spiro atoms. The first-order chi connectivity index (χ1) is 6.24. The second kappa shape index (κ2) is 5.01. The van der Waals surface area contributed by atoms with Crippen LogP contribution in [-0.4, -0.2) is 5.97 Å². The summed E-state index contributed by atoms with van der Waals surface area (Å²) in [7, 11) is 0. The average molecular weight is 288 g/mol. The number of hydrogen-bond acceptors (Lipinski definition) is 2. The number of carbonyl (C=O) groups excluding carboxylic acids is 1. The minimum Gasteiger partial charge on any atom is -0.425 e. The summed E-state index contributed by atoms with van der Waals surface area (Å²) in [6.45, 7) is 3.46. The predicted molar refractivity (Wildman–Crippen MR) is 59.6 cm³/mol. The molecular weight excluding hydrogens is 279 g/mol. The molecule has 0 unspecified atom stereocenters. The van der Waals surface area contributed by atoms with Crippen LogP contribution in [0.2, 0.25) is 0 Å². The van der Waals surface area contributed by atoms with Crippen LogP contribution in [0.4, 0.5) is 0 Å². The van der Waals surface area contributed by atoms with Crippen LogP contribution in [0.5, 0.6) is 5.75 Å². The lowest BCUT2D eigenvalue weighted by Crippen LogP contribution is -2.06. The second-order valence-electron chi connectivity index (χ2n) is 2.40. The summed E-state index contributed by atoms with van der Waals surface area (Å²) < 4.78 is 6.00. The Morgan fingerprint density at radius 2 is 2.23 bits per heavy atom. The van der Waals surface area contributed by atoms with Gasteiger partial charge in [-0.05, 0) is 34.7 Å². The van der Waals surface area contributed by atoms with Gasteiger partial charge in [0, 0.05) is 0 Å². The first-order valence-electron chi connectivity index (χ1n) is 3.80. The predicted octanol–water partition coefficient (Wildman–Crippen LogP) is 2.77. The summed E-state index contributed by atoms with van der Waals surface area (Å²) >= 11 is 2.12. The third kappa shape index (κ3) is 3.18. The van der Waals surface area contributed by atoms with Crippen LogP contribution in [0.1, 0.15) is 6.42 Å². The van der Waals surface area contributed by atoms with Crippen molar-refractivity contribution >= 4 is 28.6 Å². The Morgan fingerprint density at radius 1 is 1.54 bits per heavy atom. The summed E-state index contributed by atoms with van der Waals surface area (Å²) in [5.74, 6) is 0.328. The molecule has 68 valence electrons. The Morgan fingerprint density at radius 3 is 2.85 bits per heavy atom. The lowest BCUT2D eigenvalue weighted by atomic mass is 10.3. The molecule has 0 N–H and O–H groups in total. The van der Waals surface area contributed by atoms with Crippen molar-refractivity contribution in [3.05, 3.63) is 40.5 Å². The van der Waals surface area contributed by atoms with Crippen molar-refractivity contribution in [2.24, 2.45) is 0 Å². The maximum absolute atomic E-state index is 11.1. The molecule has 0 fully saturated rings. The molecule has 0 bridgehead atoms. The number of hydrogen-bond donors (Lipinski definition) is 0. The van der Waals surface area contributed by atoms with E-state index in [0.29, 0.717) is 5.75 Å². The SMILES string of the molecule is C=CCC(=O)Oc1ccccc1I. The van der Waals surface area contributed by atoms with Crippen LogP contribution >= 0.6 is 22.6 Å². The summed E-state index contributed by atoms with van der Waals surface area (Å²) in [6, 6.07) is 7.38. The van der Waals surface area contributed by atoms with E-state index in [1.807, 2.05) is 18.2 Å². The minimum absolute atomic E-state index is 0.241. The van der Waals surface area contributed by atoms with Gasteiger partial charge in [-0.25, -0.2) is 0 Å². The summed E-state index contributed by atoms with van der Waals surface area (Å²) in [5, 5.41) is 0.